The summed E-state index contributed by atoms with van der Waals surface area (Å²) in [5.74, 6) is -1.46. The highest BCUT2D eigenvalue weighted by atomic mass is 35.5. The van der Waals surface area contributed by atoms with Crippen molar-refractivity contribution >= 4 is 29.2 Å². The Morgan fingerprint density at radius 2 is 2.15 bits per heavy atom. The minimum Gasteiger partial charge on any atom is -0.449 e. The lowest BCUT2D eigenvalue weighted by Crippen LogP contribution is -2.35. The predicted octanol–water partition coefficient (Wildman–Crippen LogP) is 1.93. The van der Waals surface area contributed by atoms with Gasteiger partial charge >= 0.3 is 5.97 Å². The van der Waals surface area contributed by atoms with Crippen LogP contribution in [0.5, 0.6) is 0 Å². The van der Waals surface area contributed by atoms with Crippen molar-refractivity contribution in [3.63, 3.8) is 0 Å². The van der Waals surface area contributed by atoms with Crippen molar-refractivity contribution in [1.29, 1.82) is 0 Å². The number of carbonyl (C=O) groups excluding carboxylic acids is 2. The smallest absolute Gasteiger partial charge is 0.345 e. The first-order valence-corrected chi connectivity index (χ1v) is 6.17. The minimum atomic E-state index is -1.05. The molecule has 7 nitrogen and oxygen atoms in total. The molecule has 0 aromatic heterocycles. The van der Waals surface area contributed by atoms with Gasteiger partial charge in [-0.2, -0.15) is 0 Å². The van der Waals surface area contributed by atoms with Gasteiger partial charge < -0.3 is 10.1 Å². The van der Waals surface area contributed by atoms with Crippen LogP contribution in [0.15, 0.2) is 18.2 Å². The second-order valence-electron chi connectivity index (χ2n) is 3.86. The molecule has 1 aromatic carbocycles. The van der Waals surface area contributed by atoms with Gasteiger partial charge in [-0.25, -0.2) is 4.79 Å². The Hall–Kier alpha value is -2.15. The number of nitro benzene ring substituents is 1. The van der Waals surface area contributed by atoms with Gasteiger partial charge in [-0.15, -0.1) is 0 Å². The number of rotatable bonds is 5. The summed E-state index contributed by atoms with van der Waals surface area (Å²) >= 11 is 5.70. The van der Waals surface area contributed by atoms with E-state index < -0.39 is 28.6 Å². The lowest BCUT2D eigenvalue weighted by atomic mass is 10.2. The highest BCUT2D eigenvalue weighted by molar-refractivity contribution is 6.31. The standard InChI is InChI=1S/C12H13ClN2O5/c1-3-14-11(16)7(2)20-12(17)9-6-8(13)4-5-10(9)15(18)19/h4-7H,3H2,1-2H3,(H,14,16)/t7-/m0/s1. The van der Waals surface area contributed by atoms with Crippen LogP contribution in [0.2, 0.25) is 5.02 Å². The first-order valence-electron chi connectivity index (χ1n) is 5.79. The monoisotopic (exact) mass is 300 g/mol. The van der Waals surface area contributed by atoms with Gasteiger partial charge in [-0.1, -0.05) is 11.6 Å². The molecule has 0 aliphatic heterocycles. The van der Waals surface area contributed by atoms with Crippen LogP contribution in [-0.2, 0) is 9.53 Å². The number of benzene rings is 1. The molecule has 0 radical (unpaired) electrons. The molecule has 0 fully saturated rings. The number of nitrogens with one attached hydrogen (secondary N) is 1. The van der Waals surface area contributed by atoms with E-state index >= 15 is 0 Å². The highest BCUT2D eigenvalue weighted by Gasteiger charge is 2.25. The van der Waals surface area contributed by atoms with Crippen LogP contribution in [0.3, 0.4) is 0 Å². The van der Waals surface area contributed by atoms with E-state index in [1.54, 1.807) is 6.92 Å². The number of amides is 1. The fourth-order valence-corrected chi connectivity index (χ4v) is 1.60. The molecular weight excluding hydrogens is 288 g/mol. The molecule has 1 amide bonds. The van der Waals surface area contributed by atoms with E-state index in [0.29, 0.717) is 6.54 Å². The van der Waals surface area contributed by atoms with Crippen molar-refractivity contribution in [2.75, 3.05) is 6.54 Å². The summed E-state index contributed by atoms with van der Waals surface area (Å²) in [6.07, 6.45) is -1.05. The van der Waals surface area contributed by atoms with Gasteiger partial charge in [-0.05, 0) is 26.0 Å². The molecule has 0 saturated carbocycles. The van der Waals surface area contributed by atoms with E-state index in [-0.39, 0.29) is 10.6 Å². The van der Waals surface area contributed by atoms with Crippen LogP contribution in [0, 0.1) is 10.1 Å². The van der Waals surface area contributed by atoms with E-state index in [0.717, 1.165) is 12.1 Å². The third-order valence-corrected chi connectivity index (χ3v) is 2.61. The molecule has 0 aliphatic rings. The molecule has 1 aromatic rings. The number of hydrogen-bond donors (Lipinski definition) is 1. The number of likely N-dealkylation sites (N-methyl/N-ethyl adjacent to an activating group) is 1. The molecule has 108 valence electrons. The molecule has 1 N–H and O–H groups in total. The maximum Gasteiger partial charge on any atom is 0.345 e. The van der Waals surface area contributed by atoms with Crippen LogP contribution in [-0.4, -0.2) is 29.4 Å². The van der Waals surface area contributed by atoms with E-state index in [1.807, 2.05) is 0 Å². The Balaban J connectivity index is 2.95. The topological polar surface area (TPSA) is 98.5 Å². The third-order valence-electron chi connectivity index (χ3n) is 2.38. The molecule has 1 atom stereocenters. The van der Waals surface area contributed by atoms with Gasteiger partial charge in [0.25, 0.3) is 11.6 Å². The minimum absolute atomic E-state index is 0.160. The maximum absolute atomic E-state index is 11.9. The largest absolute Gasteiger partial charge is 0.449 e. The molecule has 0 bridgehead atoms. The summed E-state index contributed by atoms with van der Waals surface area (Å²) in [7, 11) is 0. The number of nitro groups is 1. The van der Waals surface area contributed by atoms with E-state index in [4.69, 9.17) is 16.3 Å². The fourth-order valence-electron chi connectivity index (χ4n) is 1.43. The van der Waals surface area contributed by atoms with Crippen molar-refractivity contribution in [2.45, 2.75) is 20.0 Å². The summed E-state index contributed by atoms with van der Waals surface area (Å²) in [5, 5.41) is 13.5. The van der Waals surface area contributed by atoms with Crippen LogP contribution < -0.4 is 5.32 Å². The normalized spacial score (nSPS) is 11.6. The summed E-state index contributed by atoms with van der Waals surface area (Å²) < 4.78 is 4.88. The van der Waals surface area contributed by atoms with E-state index in [9.17, 15) is 19.7 Å². The van der Waals surface area contributed by atoms with Crippen LogP contribution in [0.4, 0.5) is 5.69 Å². The van der Waals surface area contributed by atoms with Gasteiger partial charge in [0.2, 0.25) is 0 Å². The molecule has 20 heavy (non-hydrogen) atoms. The zero-order valence-electron chi connectivity index (χ0n) is 10.9. The van der Waals surface area contributed by atoms with Crippen molar-refractivity contribution in [3.8, 4) is 0 Å². The summed E-state index contributed by atoms with van der Waals surface area (Å²) in [6, 6.07) is 3.53. The molecule has 1 rings (SSSR count). The van der Waals surface area contributed by atoms with Gasteiger partial charge in [-0.3, -0.25) is 14.9 Å². The van der Waals surface area contributed by atoms with Crippen molar-refractivity contribution < 1.29 is 19.2 Å². The van der Waals surface area contributed by atoms with Crippen molar-refractivity contribution in [2.24, 2.45) is 0 Å². The summed E-state index contributed by atoms with van der Waals surface area (Å²) in [6.45, 7) is 3.48. The Morgan fingerprint density at radius 1 is 1.50 bits per heavy atom. The van der Waals surface area contributed by atoms with Crippen LogP contribution in [0.1, 0.15) is 24.2 Å². The van der Waals surface area contributed by atoms with Gasteiger partial charge in [0.05, 0.1) is 4.92 Å². The first-order chi connectivity index (χ1) is 9.36. The zero-order chi connectivity index (χ0) is 15.3. The first kappa shape index (κ1) is 15.9. The SMILES string of the molecule is CCNC(=O)[C@H](C)OC(=O)c1cc(Cl)ccc1[N+](=O)[O-]. The average molecular weight is 301 g/mol. The van der Waals surface area contributed by atoms with Crippen molar-refractivity contribution in [3.05, 3.63) is 38.9 Å². The third kappa shape index (κ3) is 3.92. The van der Waals surface area contributed by atoms with E-state index in [1.165, 1.54) is 13.0 Å². The molecule has 0 aliphatic carbocycles. The zero-order valence-corrected chi connectivity index (χ0v) is 11.6. The summed E-state index contributed by atoms with van der Waals surface area (Å²) in [4.78, 5) is 33.4. The highest BCUT2D eigenvalue weighted by Crippen LogP contribution is 2.23. The number of ether oxygens (including phenoxy) is 1. The Kier molecular flexibility index (Phi) is 5.45. The van der Waals surface area contributed by atoms with Gasteiger partial charge in [0, 0.05) is 17.6 Å². The number of esters is 1. The number of nitrogens with zero attached hydrogens (tertiary/aromatic N) is 1. The number of hydrogen-bond acceptors (Lipinski definition) is 5. The number of carbonyl (C=O) groups is 2. The van der Waals surface area contributed by atoms with Gasteiger partial charge in [0.15, 0.2) is 6.10 Å². The molecule has 0 heterocycles. The van der Waals surface area contributed by atoms with E-state index in [2.05, 4.69) is 5.32 Å². The maximum atomic E-state index is 11.9. The molecule has 0 saturated heterocycles. The number of halogens is 1. The molecule has 0 spiro atoms. The van der Waals surface area contributed by atoms with Crippen molar-refractivity contribution in [1.82, 2.24) is 5.32 Å². The second kappa shape index (κ2) is 6.85. The molecular formula is C12H13ClN2O5. The van der Waals surface area contributed by atoms with Crippen LogP contribution in [0.25, 0.3) is 0 Å². The fraction of sp³-hybridized carbons (Fsp3) is 0.333. The van der Waals surface area contributed by atoms with Gasteiger partial charge in [0.1, 0.15) is 5.56 Å². The quantitative estimate of drug-likeness (QED) is 0.509. The Labute approximate surface area is 120 Å². The molecule has 0 unspecified atom stereocenters. The predicted molar refractivity (Wildman–Crippen MR) is 71.7 cm³/mol. The Morgan fingerprint density at radius 3 is 2.70 bits per heavy atom. The van der Waals surface area contributed by atoms with Crippen LogP contribution >= 0.6 is 11.6 Å². The molecule has 8 heteroatoms. The average Bonchev–Trinajstić information content (AvgIpc) is 2.38. The summed E-state index contributed by atoms with van der Waals surface area (Å²) in [5.41, 5.74) is -0.721. The second-order valence-corrected chi connectivity index (χ2v) is 4.30. The lowest BCUT2D eigenvalue weighted by Gasteiger charge is -2.12. The Bertz CT molecular complexity index is 547. The lowest BCUT2D eigenvalue weighted by molar-refractivity contribution is -0.385.